The number of β-amino-alcohol motifs (C(OH)–C–C–N with tert-alkyl or cyclic N) is 1. The zero-order chi connectivity index (χ0) is 15.6. The molecule has 2 rings (SSSR count). The number of nitrogens with zero attached hydrogens (tertiary/aromatic N) is 3. The molecule has 1 aliphatic rings. The first-order valence-corrected chi connectivity index (χ1v) is 6.83. The summed E-state index contributed by atoms with van der Waals surface area (Å²) in [4.78, 5) is 24.9. The maximum atomic E-state index is 12.2. The molecule has 0 spiro atoms. The molecule has 3 unspecified atom stereocenters. The molecule has 0 saturated carbocycles. The maximum Gasteiger partial charge on any atom is 0.331 e. The van der Waals surface area contributed by atoms with Crippen molar-refractivity contribution in [2.24, 2.45) is 13.0 Å². The van der Waals surface area contributed by atoms with Crippen LogP contribution < -0.4 is 5.32 Å². The van der Waals surface area contributed by atoms with Gasteiger partial charge in [-0.3, -0.25) is 4.68 Å². The van der Waals surface area contributed by atoms with Gasteiger partial charge in [0, 0.05) is 31.9 Å². The quantitative estimate of drug-likeness (QED) is 0.725. The third-order valence-corrected chi connectivity index (χ3v) is 3.78. The van der Waals surface area contributed by atoms with Crippen molar-refractivity contribution in [2.45, 2.75) is 25.5 Å². The van der Waals surface area contributed by atoms with Gasteiger partial charge in [0.25, 0.3) is 0 Å². The first kappa shape index (κ1) is 15.3. The molecule has 0 bridgehead atoms. The highest BCUT2D eigenvalue weighted by Gasteiger charge is 2.30. The number of carboxylic acid groups (broad SMARTS) is 1. The molecular formula is C13H20N4O4. The highest BCUT2D eigenvalue weighted by atomic mass is 16.4. The van der Waals surface area contributed by atoms with Gasteiger partial charge in [-0.05, 0) is 12.3 Å². The molecule has 8 nitrogen and oxygen atoms in total. The van der Waals surface area contributed by atoms with Crippen molar-refractivity contribution < 1.29 is 19.8 Å². The van der Waals surface area contributed by atoms with Crippen molar-refractivity contribution >= 4 is 12.0 Å². The average molecular weight is 296 g/mol. The van der Waals surface area contributed by atoms with Gasteiger partial charge in [0.15, 0.2) is 6.04 Å². The Bertz CT molecular complexity index is 530. The minimum absolute atomic E-state index is 0.141. The van der Waals surface area contributed by atoms with Gasteiger partial charge < -0.3 is 20.4 Å². The molecule has 3 atom stereocenters. The van der Waals surface area contributed by atoms with Crippen molar-refractivity contribution in [3.05, 3.63) is 18.0 Å². The van der Waals surface area contributed by atoms with E-state index >= 15 is 0 Å². The second-order valence-corrected chi connectivity index (χ2v) is 5.45. The Morgan fingerprint density at radius 1 is 1.52 bits per heavy atom. The lowest BCUT2D eigenvalue weighted by atomic mass is 9.96. The number of likely N-dealkylation sites (tertiary alicyclic amines) is 1. The van der Waals surface area contributed by atoms with Crippen LogP contribution in [-0.2, 0) is 11.8 Å². The maximum absolute atomic E-state index is 12.2. The van der Waals surface area contributed by atoms with Crippen molar-refractivity contribution in [1.29, 1.82) is 0 Å². The van der Waals surface area contributed by atoms with Gasteiger partial charge in [0.05, 0.1) is 12.3 Å². The van der Waals surface area contributed by atoms with Gasteiger partial charge in [0.2, 0.25) is 0 Å². The van der Waals surface area contributed by atoms with Crippen LogP contribution in [0.1, 0.15) is 24.9 Å². The van der Waals surface area contributed by atoms with Crippen LogP contribution in [0.5, 0.6) is 0 Å². The van der Waals surface area contributed by atoms with Crippen LogP contribution in [0.15, 0.2) is 12.4 Å². The van der Waals surface area contributed by atoms with E-state index in [1.807, 2.05) is 6.92 Å². The number of hydrogen-bond donors (Lipinski definition) is 3. The Morgan fingerprint density at radius 2 is 2.24 bits per heavy atom. The number of aliphatic hydroxyl groups is 1. The normalized spacial score (nSPS) is 23.7. The molecule has 1 saturated heterocycles. The van der Waals surface area contributed by atoms with Crippen LogP contribution in [0.3, 0.4) is 0 Å². The number of hydrogen-bond acceptors (Lipinski definition) is 4. The molecule has 1 aromatic rings. The first-order valence-electron chi connectivity index (χ1n) is 6.83. The van der Waals surface area contributed by atoms with Crippen LogP contribution in [-0.4, -0.2) is 56.1 Å². The van der Waals surface area contributed by atoms with Gasteiger partial charge in [-0.1, -0.05) is 6.92 Å². The minimum Gasteiger partial charge on any atom is -0.479 e. The van der Waals surface area contributed by atoms with E-state index in [0.717, 1.165) is 0 Å². The molecule has 116 valence electrons. The van der Waals surface area contributed by atoms with Crippen molar-refractivity contribution in [3.63, 3.8) is 0 Å². The van der Waals surface area contributed by atoms with Gasteiger partial charge in [-0.25, -0.2) is 9.59 Å². The smallest absolute Gasteiger partial charge is 0.331 e. The van der Waals surface area contributed by atoms with Crippen LogP contribution >= 0.6 is 0 Å². The molecule has 21 heavy (non-hydrogen) atoms. The molecule has 3 N–H and O–H groups in total. The third-order valence-electron chi connectivity index (χ3n) is 3.78. The van der Waals surface area contributed by atoms with Gasteiger partial charge in [-0.15, -0.1) is 0 Å². The lowest BCUT2D eigenvalue weighted by Crippen LogP contribution is -2.51. The number of piperidine rings is 1. The van der Waals surface area contributed by atoms with E-state index in [0.29, 0.717) is 18.5 Å². The SMILES string of the molecule is CC1CCN(C(=O)NC(C(=O)O)c2cnn(C)c2)CC1O. The Balaban J connectivity index is 2.04. The highest BCUT2D eigenvalue weighted by Crippen LogP contribution is 2.18. The predicted molar refractivity (Wildman–Crippen MR) is 73.5 cm³/mol. The third kappa shape index (κ3) is 3.52. The number of carbonyl (C=O) groups is 2. The molecule has 0 aromatic carbocycles. The lowest BCUT2D eigenvalue weighted by molar-refractivity contribution is -0.139. The first-order chi connectivity index (χ1) is 9.88. The number of amides is 2. The fourth-order valence-corrected chi connectivity index (χ4v) is 2.32. The molecule has 0 aliphatic carbocycles. The van der Waals surface area contributed by atoms with Crippen LogP contribution in [0.25, 0.3) is 0 Å². The lowest BCUT2D eigenvalue weighted by Gasteiger charge is -2.34. The summed E-state index contributed by atoms with van der Waals surface area (Å²) in [7, 11) is 1.67. The van der Waals surface area contributed by atoms with Crippen molar-refractivity contribution in [2.75, 3.05) is 13.1 Å². The molecular weight excluding hydrogens is 276 g/mol. The minimum atomic E-state index is -1.15. The van der Waals surface area contributed by atoms with E-state index in [4.69, 9.17) is 0 Å². The molecule has 1 fully saturated rings. The standard InChI is InChI=1S/C13H20N4O4/c1-8-3-4-17(7-10(8)18)13(21)15-11(12(19)20)9-5-14-16(2)6-9/h5-6,8,10-11,18H,3-4,7H2,1-2H3,(H,15,21)(H,19,20). The Labute approximate surface area is 122 Å². The molecule has 2 heterocycles. The van der Waals surface area contributed by atoms with Crippen LogP contribution in [0.4, 0.5) is 4.79 Å². The summed E-state index contributed by atoms with van der Waals surface area (Å²) in [6.45, 7) is 2.64. The molecule has 0 radical (unpaired) electrons. The summed E-state index contributed by atoms with van der Waals surface area (Å²) >= 11 is 0. The topological polar surface area (TPSA) is 108 Å². The van der Waals surface area contributed by atoms with E-state index in [1.165, 1.54) is 15.8 Å². The number of aliphatic hydroxyl groups excluding tert-OH is 1. The molecule has 2 amide bonds. The van der Waals surface area contributed by atoms with Gasteiger partial charge in [-0.2, -0.15) is 5.10 Å². The van der Waals surface area contributed by atoms with E-state index in [-0.39, 0.29) is 12.5 Å². The summed E-state index contributed by atoms with van der Waals surface area (Å²) in [5.74, 6) is -1.01. The summed E-state index contributed by atoms with van der Waals surface area (Å²) in [6, 6.07) is -1.64. The molecule has 8 heteroatoms. The van der Waals surface area contributed by atoms with Crippen molar-refractivity contribution in [1.82, 2.24) is 20.0 Å². The molecule has 1 aromatic heterocycles. The highest BCUT2D eigenvalue weighted by molar-refractivity contribution is 5.83. The second-order valence-electron chi connectivity index (χ2n) is 5.45. The summed E-state index contributed by atoms with van der Waals surface area (Å²) in [6.07, 6.45) is 3.07. The zero-order valence-electron chi connectivity index (χ0n) is 12.1. The monoisotopic (exact) mass is 296 g/mol. The Kier molecular flexibility index (Phi) is 4.46. The van der Waals surface area contributed by atoms with Crippen LogP contribution in [0, 0.1) is 5.92 Å². The summed E-state index contributed by atoms with van der Waals surface area (Å²) < 4.78 is 1.48. The fourth-order valence-electron chi connectivity index (χ4n) is 2.32. The van der Waals surface area contributed by atoms with Crippen LogP contribution in [0.2, 0.25) is 0 Å². The number of aromatic nitrogens is 2. The van der Waals surface area contributed by atoms with Gasteiger partial charge in [0.1, 0.15) is 0 Å². The van der Waals surface area contributed by atoms with Crippen molar-refractivity contribution in [3.8, 4) is 0 Å². The Morgan fingerprint density at radius 3 is 2.76 bits per heavy atom. The van der Waals surface area contributed by atoms with E-state index in [9.17, 15) is 19.8 Å². The predicted octanol–water partition coefficient (Wildman–Crippen LogP) is -0.0419. The average Bonchev–Trinajstić information content (AvgIpc) is 2.84. The number of carbonyl (C=O) groups excluding carboxylic acids is 1. The van der Waals surface area contributed by atoms with Gasteiger partial charge >= 0.3 is 12.0 Å². The largest absolute Gasteiger partial charge is 0.479 e. The van der Waals surface area contributed by atoms with E-state index in [1.54, 1.807) is 13.2 Å². The van der Waals surface area contributed by atoms with E-state index in [2.05, 4.69) is 10.4 Å². The number of carboxylic acids is 1. The number of nitrogens with one attached hydrogen (secondary N) is 1. The zero-order valence-corrected chi connectivity index (χ0v) is 12.1. The summed E-state index contributed by atoms with van der Waals surface area (Å²) in [5.41, 5.74) is 0.407. The molecule has 1 aliphatic heterocycles. The second kappa shape index (κ2) is 6.13. The Hall–Kier alpha value is -2.09. The number of aryl methyl sites for hydroxylation is 1. The van der Waals surface area contributed by atoms with E-state index < -0.39 is 24.1 Å². The number of aliphatic carboxylic acids is 1. The fraction of sp³-hybridized carbons (Fsp3) is 0.615. The summed E-state index contributed by atoms with van der Waals surface area (Å²) in [5, 5.41) is 25.5. The number of urea groups is 1. The number of rotatable bonds is 3.